The lowest BCUT2D eigenvalue weighted by molar-refractivity contribution is 0.0717. The number of furan rings is 1. The Hall–Kier alpha value is -3.91. The first-order chi connectivity index (χ1) is 18.8. The predicted molar refractivity (Wildman–Crippen MR) is 147 cm³/mol. The number of carbonyl (C=O) groups excluding carboxylic acids is 1. The van der Waals surface area contributed by atoms with Crippen LogP contribution in [-0.2, 0) is 29.6 Å². The summed E-state index contributed by atoms with van der Waals surface area (Å²) in [6.07, 6.45) is 7.33. The van der Waals surface area contributed by atoms with Gasteiger partial charge in [0.05, 0.1) is 12.8 Å². The second-order valence-corrected chi connectivity index (χ2v) is 10.9. The molecule has 3 aromatic carbocycles. The molecule has 6 nitrogen and oxygen atoms in total. The molecule has 0 saturated heterocycles. The van der Waals surface area contributed by atoms with Gasteiger partial charge in [-0.25, -0.2) is 4.39 Å². The Labute approximate surface area is 229 Å². The molecule has 4 rings (SSSR count). The number of hydrogen-bond donors (Lipinski definition) is 0. The van der Waals surface area contributed by atoms with Crippen LogP contribution in [0.3, 0.4) is 0 Å². The van der Waals surface area contributed by atoms with Crippen LogP contribution in [0.15, 0.2) is 101 Å². The van der Waals surface area contributed by atoms with E-state index in [1.165, 1.54) is 37.0 Å². The fourth-order valence-corrected chi connectivity index (χ4v) is 5.12. The number of unbranched alkanes of at least 4 members (excludes halogenated alkanes) is 3. The minimum absolute atomic E-state index is 0.113. The first-order valence-electron chi connectivity index (χ1n) is 13.0. The molecule has 1 aromatic heterocycles. The fraction of sp³-hybridized carbons (Fsp3) is 0.258. The van der Waals surface area contributed by atoms with Gasteiger partial charge < -0.3 is 13.5 Å². The van der Waals surface area contributed by atoms with Gasteiger partial charge in [-0.05, 0) is 84.6 Å². The minimum Gasteiger partial charge on any atom is -0.467 e. The molecular weight excluding hydrogens is 517 g/mol. The molecule has 0 fully saturated rings. The Kier molecular flexibility index (Phi) is 9.54. The summed E-state index contributed by atoms with van der Waals surface area (Å²) in [6, 6.07) is 22.2. The zero-order chi connectivity index (χ0) is 27.7. The Morgan fingerprint density at radius 3 is 2.18 bits per heavy atom. The molecule has 0 radical (unpaired) electrons. The zero-order valence-corrected chi connectivity index (χ0v) is 22.7. The second-order valence-electron chi connectivity index (χ2n) is 9.38. The first-order valence-corrected chi connectivity index (χ1v) is 14.4. The zero-order valence-electron chi connectivity index (χ0n) is 21.9. The summed E-state index contributed by atoms with van der Waals surface area (Å²) in [7, 11) is -4.11. The van der Waals surface area contributed by atoms with E-state index in [1.807, 2.05) is 30.3 Å². The van der Waals surface area contributed by atoms with Crippen molar-refractivity contribution in [2.45, 2.75) is 57.0 Å². The predicted octanol–water partition coefficient (Wildman–Crippen LogP) is 7.15. The number of amides is 1. The Bertz CT molecular complexity index is 1430. The average Bonchev–Trinajstić information content (AvgIpc) is 3.45. The van der Waals surface area contributed by atoms with Gasteiger partial charge in [-0.3, -0.25) is 4.79 Å². The summed E-state index contributed by atoms with van der Waals surface area (Å²) in [4.78, 5) is 15.0. The fourth-order valence-electron chi connectivity index (χ4n) is 4.19. The highest BCUT2D eigenvalue weighted by Crippen LogP contribution is 2.22. The summed E-state index contributed by atoms with van der Waals surface area (Å²) >= 11 is 0. The maximum absolute atomic E-state index is 13.5. The highest BCUT2D eigenvalue weighted by atomic mass is 32.2. The van der Waals surface area contributed by atoms with Gasteiger partial charge >= 0.3 is 10.1 Å². The minimum atomic E-state index is -4.11. The molecule has 4 aromatic rings. The van der Waals surface area contributed by atoms with Crippen molar-refractivity contribution in [3.63, 3.8) is 0 Å². The summed E-state index contributed by atoms with van der Waals surface area (Å²) < 4.78 is 48.8. The quantitative estimate of drug-likeness (QED) is 0.131. The van der Waals surface area contributed by atoms with Crippen molar-refractivity contribution in [3.8, 4) is 5.75 Å². The van der Waals surface area contributed by atoms with Crippen LogP contribution in [0.4, 0.5) is 4.39 Å². The van der Waals surface area contributed by atoms with Crippen molar-refractivity contribution in [2.75, 3.05) is 0 Å². The van der Waals surface area contributed by atoms with Gasteiger partial charge in [0.1, 0.15) is 22.2 Å². The molecule has 0 aliphatic carbocycles. The van der Waals surface area contributed by atoms with E-state index in [1.54, 1.807) is 29.4 Å². The standard InChI is InChI=1S/C31H32FNO5S/c1-2-3-4-5-7-24-9-13-26(14-10-24)31(34)33(23-29-8-6-21-37-29)22-25-11-17-28(18-12-25)38-39(35,36)30-19-15-27(32)16-20-30/h6,8-21H,2-5,7,22-23H2,1H3. The highest BCUT2D eigenvalue weighted by Gasteiger charge is 2.19. The molecule has 0 saturated carbocycles. The molecule has 0 unspecified atom stereocenters. The number of rotatable bonds is 13. The Morgan fingerprint density at radius 2 is 1.54 bits per heavy atom. The van der Waals surface area contributed by atoms with Gasteiger partial charge in [0.15, 0.2) is 0 Å². The van der Waals surface area contributed by atoms with E-state index in [4.69, 9.17) is 8.60 Å². The van der Waals surface area contributed by atoms with Crippen molar-refractivity contribution in [1.82, 2.24) is 4.90 Å². The van der Waals surface area contributed by atoms with Crippen LogP contribution >= 0.6 is 0 Å². The maximum Gasteiger partial charge on any atom is 0.339 e. The van der Waals surface area contributed by atoms with Gasteiger partial charge in [-0.2, -0.15) is 8.42 Å². The van der Waals surface area contributed by atoms with Crippen LogP contribution in [0.25, 0.3) is 0 Å². The number of aryl methyl sites for hydroxylation is 1. The van der Waals surface area contributed by atoms with Crippen molar-refractivity contribution >= 4 is 16.0 Å². The van der Waals surface area contributed by atoms with Gasteiger partial charge in [0.25, 0.3) is 5.91 Å². The SMILES string of the molecule is CCCCCCc1ccc(C(=O)N(Cc2ccc(OS(=O)(=O)c3ccc(F)cc3)cc2)Cc2ccco2)cc1. The smallest absolute Gasteiger partial charge is 0.339 e. The van der Waals surface area contributed by atoms with Crippen molar-refractivity contribution < 1.29 is 26.2 Å². The first kappa shape index (κ1) is 28.1. The van der Waals surface area contributed by atoms with Crippen LogP contribution in [0.1, 0.15) is 59.9 Å². The number of carbonyl (C=O) groups is 1. The second kappa shape index (κ2) is 13.2. The van der Waals surface area contributed by atoms with E-state index >= 15 is 0 Å². The number of nitrogens with zero attached hydrogens (tertiary/aromatic N) is 1. The van der Waals surface area contributed by atoms with E-state index in [2.05, 4.69) is 6.92 Å². The summed E-state index contributed by atoms with van der Waals surface area (Å²) in [5, 5.41) is 0. The summed E-state index contributed by atoms with van der Waals surface area (Å²) in [5.74, 6) is 0.0937. The average molecular weight is 550 g/mol. The van der Waals surface area contributed by atoms with E-state index in [0.29, 0.717) is 11.3 Å². The molecule has 0 bridgehead atoms. The molecular formula is C31H32FNO5S. The topological polar surface area (TPSA) is 76.8 Å². The normalized spacial score (nSPS) is 11.3. The molecule has 0 N–H and O–H groups in total. The summed E-state index contributed by atoms with van der Waals surface area (Å²) in [5.41, 5.74) is 2.59. The molecule has 8 heteroatoms. The van der Waals surface area contributed by atoms with Crippen LogP contribution in [0.2, 0.25) is 0 Å². The molecule has 39 heavy (non-hydrogen) atoms. The van der Waals surface area contributed by atoms with Crippen LogP contribution in [-0.4, -0.2) is 19.2 Å². The lowest BCUT2D eigenvalue weighted by atomic mass is 10.0. The third-order valence-electron chi connectivity index (χ3n) is 6.34. The lowest BCUT2D eigenvalue weighted by Crippen LogP contribution is -2.30. The largest absolute Gasteiger partial charge is 0.467 e. The van der Waals surface area contributed by atoms with Gasteiger partial charge in [0, 0.05) is 12.1 Å². The van der Waals surface area contributed by atoms with Crippen molar-refractivity contribution in [1.29, 1.82) is 0 Å². The highest BCUT2D eigenvalue weighted by molar-refractivity contribution is 7.87. The molecule has 0 atom stereocenters. The third kappa shape index (κ3) is 8.04. The number of halogens is 1. The van der Waals surface area contributed by atoms with Gasteiger partial charge in [-0.1, -0.05) is 50.5 Å². The number of hydrogen-bond acceptors (Lipinski definition) is 5. The van der Waals surface area contributed by atoms with E-state index in [0.717, 1.165) is 42.7 Å². The third-order valence-corrected chi connectivity index (χ3v) is 7.60. The summed E-state index contributed by atoms with van der Waals surface area (Å²) in [6.45, 7) is 2.75. The maximum atomic E-state index is 13.5. The van der Waals surface area contributed by atoms with Gasteiger partial charge in [-0.15, -0.1) is 0 Å². The van der Waals surface area contributed by atoms with Crippen LogP contribution < -0.4 is 4.18 Å². The number of benzene rings is 3. The van der Waals surface area contributed by atoms with Crippen LogP contribution in [0.5, 0.6) is 5.75 Å². The van der Waals surface area contributed by atoms with E-state index < -0.39 is 15.9 Å². The Morgan fingerprint density at radius 1 is 0.846 bits per heavy atom. The molecule has 0 aliphatic heterocycles. The molecule has 0 spiro atoms. The molecule has 1 heterocycles. The molecule has 204 valence electrons. The lowest BCUT2D eigenvalue weighted by Gasteiger charge is -2.22. The van der Waals surface area contributed by atoms with E-state index in [9.17, 15) is 17.6 Å². The molecule has 1 amide bonds. The Balaban J connectivity index is 1.45. The monoisotopic (exact) mass is 549 g/mol. The van der Waals surface area contributed by atoms with Crippen molar-refractivity contribution in [2.24, 2.45) is 0 Å². The van der Waals surface area contributed by atoms with Crippen molar-refractivity contribution in [3.05, 3.63) is 119 Å². The van der Waals surface area contributed by atoms with Crippen LogP contribution in [0, 0.1) is 5.82 Å². The molecule has 0 aliphatic rings. The van der Waals surface area contributed by atoms with E-state index in [-0.39, 0.29) is 29.6 Å². The van der Waals surface area contributed by atoms with Gasteiger partial charge in [0.2, 0.25) is 0 Å².